The van der Waals surface area contributed by atoms with Crippen LogP contribution in [0.4, 0.5) is 14.5 Å². The Morgan fingerprint density at radius 1 is 1.28 bits per heavy atom. The van der Waals surface area contributed by atoms with Gasteiger partial charge in [-0.15, -0.1) is 0 Å². The normalized spacial score (nSPS) is 10.7. The van der Waals surface area contributed by atoms with Crippen LogP contribution in [0.5, 0.6) is 0 Å². The number of carbonyl (C=O) groups excluding carboxylic acids is 1. The fourth-order valence-corrected chi connectivity index (χ4v) is 1.46. The van der Waals surface area contributed by atoms with Gasteiger partial charge >= 0.3 is 0 Å². The van der Waals surface area contributed by atoms with Gasteiger partial charge in [0.05, 0.1) is 0 Å². The van der Waals surface area contributed by atoms with Crippen LogP contribution in [0.3, 0.4) is 0 Å². The van der Waals surface area contributed by atoms with E-state index in [1.807, 2.05) is 13.8 Å². The third kappa shape index (κ3) is 4.79. The van der Waals surface area contributed by atoms with Crippen LogP contribution in [-0.4, -0.2) is 18.5 Å². The Kier molecular flexibility index (Phi) is 5.71. The van der Waals surface area contributed by atoms with E-state index in [0.717, 1.165) is 12.1 Å². The molecule has 0 spiro atoms. The number of nitrogens with one attached hydrogen (secondary N) is 2. The predicted molar refractivity (Wildman–Crippen MR) is 67.4 cm³/mol. The summed E-state index contributed by atoms with van der Waals surface area (Å²) in [6.45, 7) is 4.72. The maximum absolute atomic E-state index is 13.2. The van der Waals surface area contributed by atoms with Crippen molar-refractivity contribution in [1.29, 1.82) is 0 Å². The van der Waals surface area contributed by atoms with E-state index in [4.69, 9.17) is 0 Å². The van der Waals surface area contributed by atoms with Crippen molar-refractivity contribution in [3.63, 3.8) is 0 Å². The first-order valence-electron chi connectivity index (χ1n) is 5.98. The summed E-state index contributed by atoms with van der Waals surface area (Å²) >= 11 is 0. The van der Waals surface area contributed by atoms with Gasteiger partial charge in [0.15, 0.2) is 0 Å². The first-order chi connectivity index (χ1) is 8.50. The van der Waals surface area contributed by atoms with Crippen LogP contribution in [0, 0.1) is 11.6 Å². The predicted octanol–water partition coefficient (Wildman–Crippen LogP) is 2.68. The highest BCUT2D eigenvalue weighted by molar-refractivity contribution is 5.90. The largest absolute Gasteiger partial charge is 0.321 e. The Morgan fingerprint density at radius 2 is 1.89 bits per heavy atom. The molecular weight excluding hydrogens is 238 g/mol. The lowest BCUT2D eigenvalue weighted by Gasteiger charge is -2.09. The molecule has 2 N–H and O–H groups in total. The number of rotatable bonds is 6. The van der Waals surface area contributed by atoms with E-state index in [1.54, 1.807) is 0 Å². The number of hydrogen-bond donors (Lipinski definition) is 2. The van der Waals surface area contributed by atoms with Crippen LogP contribution in [0.25, 0.3) is 0 Å². The summed E-state index contributed by atoms with van der Waals surface area (Å²) in [6, 6.07) is 3.84. The minimum absolute atomic E-state index is 0.230. The molecule has 1 rings (SSSR count). The molecule has 100 valence electrons. The molecule has 0 saturated heterocycles. The van der Waals surface area contributed by atoms with Crippen LogP contribution in [-0.2, 0) is 4.79 Å². The molecule has 0 bridgehead atoms. The van der Waals surface area contributed by atoms with Gasteiger partial charge in [0, 0.05) is 12.5 Å². The molecule has 0 saturated carbocycles. The molecular formula is C13H18F2N2O. The van der Waals surface area contributed by atoms with Crippen molar-refractivity contribution >= 4 is 11.6 Å². The number of halogens is 2. The molecule has 0 heterocycles. The quantitative estimate of drug-likeness (QED) is 0.768. The van der Waals surface area contributed by atoms with Crippen molar-refractivity contribution in [1.82, 2.24) is 5.32 Å². The van der Waals surface area contributed by atoms with Gasteiger partial charge in [0.1, 0.15) is 17.3 Å². The van der Waals surface area contributed by atoms with Crippen LogP contribution >= 0.6 is 0 Å². The SMILES string of the molecule is CC(C)NCCCC(=O)Nc1c(F)cccc1F. The standard InChI is InChI=1S/C13H18F2N2O/c1-9(2)16-8-4-7-12(18)17-13-10(14)5-3-6-11(13)15/h3,5-6,9,16H,4,7-8H2,1-2H3,(H,17,18). The number of hydrogen-bond acceptors (Lipinski definition) is 2. The van der Waals surface area contributed by atoms with E-state index in [-0.39, 0.29) is 18.0 Å². The third-order valence-electron chi connectivity index (χ3n) is 2.36. The molecule has 0 aromatic heterocycles. The summed E-state index contributed by atoms with van der Waals surface area (Å²) in [5.41, 5.74) is -0.376. The molecule has 0 atom stereocenters. The summed E-state index contributed by atoms with van der Waals surface area (Å²) in [4.78, 5) is 11.5. The molecule has 0 aliphatic rings. The molecule has 3 nitrogen and oxygen atoms in total. The van der Waals surface area contributed by atoms with Gasteiger partial charge in [-0.2, -0.15) is 0 Å². The monoisotopic (exact) mass is 256 g/mol. The number of para-hydroxylation sites is 1. The molecule has 0 unspecified atom stereocenters. The van der Waals surface area contributed by atoms with Crippen molar-refractivity contribution in [3.8, 4) is 0 Å². The Morgan fingerprint density at radius 3 is 2.44 bits per heavy atom. The molecule has 5 heteroatoms. The van der Waals surface area contributed by atoms with E-state index >= 15 is 0 Å². The van der Waals surface area contributed by atoms with Gasteiger partial charge in [-0.1, -0.05) is 19.9 Å². The first-order valence-corrected chi connectivity index (χ1v) is 5.98. The molecule has 0 aliphatic carbocycles. The van der Waals surface area contributed by atoms with Crippen LogP contribution in [0.15, 0.2) is 18.2 Å². The Balaban J connectivity index is 2.40. The van der Waals surface area contributed by atoms with Gasteiger partial charge < -0.3 is 10.6 Å². The lowest BCUT2D eigenvalue weighted by Crippen LogP contribution is -2.25. The average molecular weight is 256 g/mol. The highest BCUT2D eigenvalue weighted by Crippen LogP contribution is 2.18. The number of anilines is 1. The highest BCUT2D eigenvalue weighted by Gasteiger charge is 2.11. The van der Waals surface area contributed by atoms with Crippen LogP contribution in [0.1, 0.15) is 26.7 Å². The molecule has 0 aliphatic heterocycles. The summed E-state index contributed by atoms with van der Waals surface area (Å²) < 4.78 is 26.5. The number of amides is 1. The fourth-order valence-electron chi connectivity index (χ4n) is 1.46. The topological polar surface area (TPSA) is 41.1 Å². The van der Waals surface area contributed by atoms with E-state index in [9.17, 15) is 13.6 Å². The lowest BCUT2D eigenvalue weighted by molar-refractivity contribution is -0.116. The van der Waals surface area contributed by atoms with Crippen molar-refractivity contribution in [3.05, 3.63) is 29.8 Å². The lowest BCUT2D eigenvalue weighted by atomic mass is 10.2. The zero-order valence-corrected chi connectivity index (χ0v) is 10.6. The zero-order valence-electron chi connectivity index (χ0n) is 10.6. The third-order valence-corrected chi connectivity index (χ3v) is 2.36. The minimum atomic E-state index is -0.761. The van der Waals surface area contributed by atoms with Gasteiger partial charge in [-0.25, -0.2) is 8.78 Å². The summed E-state index contributed by atoms with van der Waals surface area (Å²) in [5.74, 6) is -1.91. The second-order valence-electron chi connectivity index (χ2n) is 4.36. The van der Waals surface area contributed by atoms with Gasteiger partial charge in [-0.05, 0) is 25.1 Å². The second-order valence-corrected chi connectivity index (χ2v) is 4.36. The van der Waals surface area contributed by atoms with Crippen molar-refractivity contribution < 1.29 is 13.6 Å². The number of benzene rings is 1. The molecule has 0 radical (unpaired) electrons. The maximum Gasteiger partial charge on any atom is 0.224 e. The first kappa shape index (κ1) is 14.6. The molecule has 18 heavy (non-hydrogen) atoms. The molecule has 0 fully saturated rings. The Labute approximate surface area is 106 Å². The molecule has 1 aromatic carbocycles. The van der Waals surface area contributed by atoms with Gasteiger partial charge in [0.2, 0.25) is 5.91 Å². The molecule has 1 aromatic rings. The second kappa shape index (κ2) is 7.06. The average Bonchev–Trinajstić information content (AvgIpc) is 2.29. The minimum Gasteiger partial charge on any atom is -0.321 e. The number of carbonyl (C=O) groups is 1. The zero-order chi connectivity index (χ0) is 13.5. The van der Waals surface area contributed by atoms with E-state index < -0.39 is 11.6 Å². The van der Waals surface area contributed by atoms with E-state index in [0.29, 0.717) is 19.0 Å². The van der Waals surface area contributed by atoms with Crippen molar-refractivity contribution in [2.75, 3.05) is 11.9 Å². The smallest absolute Gasteiger partial charge is 0.224 e. The highest BCUT2D eigenvalue weighted by atomic mass is 19.1. The van der Waals surface area contributed by atoms with Gasteiger partial charge in [-0.3, -0.25) is 4.79 Å². The fraction of sp³-hybridized carbons (Fsp3) is 0.462. The Hall–Kier alpha value is -1.49. The summed E-state index contributed by atoms with van der Waals surface area (Å²) in [6.07, 6.45) is 0.855. The maximum atomic E-state index is 13.2. The summed E-state index contributed by atoms with van der Waals surface area (Å²) in [7, 11) is 0. The van der Waals surface area contributed by atoms with Crippen LogP contribution < -0.4 is 10.6 Å². The van der Waals surface area contributed by atoms with Gasteiger partial charge in [0.25, 0.3) is 0 Å². The Bertz CT molecular complexity index is 388. The van der Waals surface area contributed by atoms with Crippen LogP contribution in [0.2, 0.25) is 0 Å². The molecule has 1 amide bonds. The van der Waals surface area contributed by atoms with Crippen molar-refractivity contribution in [2.24, 2.45) is 0 Å². The van der Waals surface area contributed by atoms with E-state index in [1.165, 1.54) is 6.07 Å². The van der Waals surface area contributed by atoms with E-state index in [2.05, 4.69) is 10.6 Å². The van der Waals surface area contributed by atoms with Crippen molar-refractivity contribution in [2.45, 2.75) is 32.7 Å². The summed E-state index contributed by atoms with van der Waals surface area (Å²) in [5, 5.41) is 5.41.